The van der Waals surface area contributed by atoms with Crippen molar-refractivity contribution in [3.05, 3.63) is 13.2 Å². The Morgan fingerprint density at radius 3 is 1.00 bits per heavy atom. The summed E-state index contributed by atoms with van der Waals surface area (Å²) in [6, 6.07) is 0. The van der Waals surface area contributed by atoms with Gasteiger partial charge in [0.25, 0.3) is 0 Å². The van der Waals surface area contributed by atoms with E-state index in [1.807, 2.05) is 0 Å². The molecule has 0 bridgehead atoms. The van der Waals surface area contributed by atoms with E-state index in [0.29, 0.717) is 0 Å². The maximum absolute atomic E-state index is 3.00. The molecular weight excluding hydrogens is 105 g/mol. The average Bonchev–Trinajstić information content (AvgIpc) is 1.00. The number of hydrogen-bond donors (Lipinski definition) is 0. The van der Waals surface area contributed by atoms with Crippen molar-refractivity contribution in [2.75, 3.05) is 0 Å². The standard InChI is InChI=1S/C2H4.O.Zn/c1-2;;/h1-2H2;;/q;-2;+2. The SMILES string of the molecule is C=C.[O-2].[Zn+2]. The van der Waals surface area contributed by atoms with Gasteiger partial charge < -0.3 is 5.48 Å². The summed E-state index contributed by atoms with van der Waals surface area (Å²) in [6.45, 7) is 6.00. The fourth-order valence-corrected chi connectivity index (χ4v) is 0. The smallest absolute Gasteiger partial charge is 2.00 e. The predicted molar refractivity (Wildman–Crippen MR) is 11.9 cm³/mol. The minimum Gasteiger partial charge on any atom is -2.00 e. The van der Waals surface area contributed by atoms with Crippen LogP contribution in [0.2, 0.25) is 0 Å². The van der Waals surface area contributed by atoms with Gasteiger partial charge in [0.2, 0.25) is 0 Å². The van der Waals surface area contributed by atoms with Crippen LogP contribution >= 0.6 is 0 Å². The fraction of sp³-hybridized carbons (Fsp3) is 0. The third-order valence-corrected chi connectivity index (χ3v) is 0. The summed E-state index contributed by atoms with van der Waals surface area (Å²) in [6.07, 6.45) is 0. The predicted octanol–water partition coefficient (Wildman–Crippen LogP) is 0.681. The second kappa shape index (κ2) is 172. The van der Waals surface area contributed by atoms with Crippen molar-refractivity contribution >= 4 is 0 Å². The quantitative estimate of drug-likeness (QED) is 0.323. The molecule has 0 saturated heterocycles. The van der Waals surface area contributed by atoms with E-state index in [1.54, 1.807) is 0 Å². The molecule has 0 aliphatic carbocycles. The zero-order valence-corrected chi connectivity index (χ0v) is 5.50. The van der Waals surface area contributed by atoms with Gasteiger partial charge in [-0.25, -0.2) is 0 Å². The first-order chi connectivity index (χ1) is 1.00. The molecule has 0 saturated carbocycles. The van der Waals surface area contributed by atoms with E-state index in [9.17, 15) is 0 Å². The minimum atomic E-state index is 0. The van der Waals surface area contributed by atoms with Crippen molar-refractivity contribution in [2.45, 2.75) is 0 Å². The van der Waals surface area contributed by atoms with E-state index < -0.39 is 0 Å². The van der Waals surface area contributed by atoms with Crippen LogP contribution < -0.4 is 0 Å². The van der Waals surface area contributed by atoms with E-state index in [1.165, 1.54) is 0 Å². The van der Waals surface area contributed by atoms with Gasteiger partial charge in [0.1, 0.15) is 0 Å². The molecule has 0 N–H and O–H groups in total. The molecule has 0 rings (SSSR count). The molecule has 0 unspecified atom stereocenters. The largest absolute Gasteiger partial charge is 2.00 e. The third-order valence-electron chi connectivity index (χ3n) is 0. The molecule has 0 radical (unpaired) electrons. The number of hydrogen-bond acceptors (Lipinski definition) is 0. The normalized spacial score (nSPS) is 1.00. The Balaban J connectivity index is -0.00000000500. The molecule has 0 spiro atoms. The summed E-state index contributed by atoms with van der Waals surface area (Å²) >= 11 is 0. The Bertz CT molecular complexity index is 6.00. The zero-order valence-electron chi connectivity index (χ0n) is 2.53. The first kappa shape index (κ1) is 27.3. The Morgan fingerprint density at radius 1 is 1.00 bits per heavy atom. The van der Waals surface area contributed by atoms with Crippen molar-refractivity contribution in [3.63, 3.8) is 0 Å². The first-order valence-corrected chi connectivity index (χ1v) is 0.500. The molecule has 0 aliphatic rings. The summed E-state index contributed by atoms with van der Waals surface area (Å²) in [5.74, 6) is 0. The maximum atomic E-state index is 3.00. The van der Waals surface area contributed by atoms with Gasteiger partial charge in [-0.05, 0) is 0 Å². The topological polar surface area (TPSA) is 28.5 Å². The van der Waals surface area contributed by atoms with Gasteiger partial charge in [0.15, 0.2) is 0 Å². The summed E-state index contributed by atoms with van der Waals surface area (Å²) in [7, 11) is 0. The molecule has 0 aromatic heterocycles. The molecule has 0 heterocycles. The van der Waals surface area contributed by atoms with Gasteiger partial charge in [-0.2, -0.15) is 0 Å². The van der Waals surface area contributed by atoms with E-state index in [-0.39, 0.29) is 25.0 Å². The second-order valence-corrected chi connectivity index (χ2v) is 0. The van der Waals surface area contributed by atoms with Gasteiger partial charge in [-0.3, -0.25) is 0 Å². The first-order valence-electron chi connectivity index (χ1n) is 0.500. The summed E-state index contributed by atoms with van der Waals surface area (Å²) in [5.41, 5.74) is 0. The monoisotopic (exact) mass is 108 g/mol. The molecule has 1 nitrogen and oxygen atoms in total. The van der Waals surface area contributed by atoms with E-state index >= 15 is 0 Å². The van der Waals surface area contributed by atoms with Crippen LogP contribution in [0.5, 0.6) is 0 Å². The van der Waals surface area contributed by atoms with E-state index in [4.69, 9.17) is 0 Å². The maximum Gasteiger partial charge on any atom is 2.00 e. The fourth-order valence-electron chi connectivity index (χ4n) is 0. The molecule has 20 valence electrons. The van der Waals surface area contributed by atoms with E-state index in [2.05, 4.69) is 13.2 Å². The van der Waals surface area contributed by atoms with Gasteiger partial charge in [-0.1, -0.05) is 0 Å². The van der Waals surface area contributed by atoms with Gasteiger partial charge in [0, 0.05) is 0 Å². The Labute approximate surface area is 38.8 Å². The average molecular weight is 109 g/mol. The third kappa shape index (κ3) is 38.9. The van der Waals surface area contributed by atoms with Crippen molar-refractivity contribution in [1.29, 1.82) is 0 Å². The van der Waals surface area contributed by atoms with Crippen LogP contribution in [0.15, 0.2) is 13.2 Å². The van der Waals surface area contributed by atoms with Crippen LogP contribution in [0.3, 0.4) is 0 Å². The van der Waals surface area contributed by atoms with Crippen LogP contribution in [-0.4, -0.2) is 0 Å². The van der Waals surface area contributed by atoms with Crippen molar-refractivity contribution in [3.8, 4) is 0 Å². The van der Waals surface area contributed by atoms with Crippen LogP contribution in [0, 0.1) is 0 Å². The Morgan fingerprint density at radius 2 is 1.00 bits per heavy atom. The number of rotatable bonds is 0. The molecule has 0 aliphatic heterocycles. The Hall–Kier alpha value is 0.323. The minimum absolute atomic E-state index is 0. The molecule has 4 heavy (non-hydrogen) atoms. The Kier molecular flexibility index (Phi) is 1170. The van der Waals surface area contributed by atoms with Crippen LogP contribution in [0.4, 0.5) is 0 Å². The van der Waals surface area contributed by atoms with Gasteiger partial charge in [-0.15, -0.1) is 13.2 Å². The second-order valence-electron chi connectivity index (χ2n) is 0. The molecule has 0 aromatic rings. The molecule has 0 aromatic carbocycles. The van der Waals surface area contributed by atoms with Crippen LogP contribution in [0.25, 0.3) is 0 Å². The molecule has 0 atom stereocenters. The molecule has 2 heteroatoms. The summed E-state index contributed by atoms with van der Waals surface area (Å²) in [5, 5.41) is 0. The van der Waals surface area contributed by atoms with Crippen molar-refractivity contribution in [1.82, 2.24) is 0 Å². The van der Waals surface area contributed by atoms with Crippen LogP contribution in [0.1, 0.15) is 0 Å². The summed E-state index contributed by atoms with van der Waals surface area (Å²) in [4.78, 5) is 0. The van der Waals surface area contributed by atoms with Gasteiger partial charge in [0.05, 0.1) is 0 Å². The molecular formula is C2H4OZn. The zero-order chi connectivity index (χ0) is 2.00. The summed E-state index contributed by atoms with van der Waals surface area (Å²) < 4.78 is 0. The van der Waals surface area contributed by atoms with Crippen LogP contribution in [-0.2, 0) is 25.0 Å². The molecule has 0 fully saturated rings. The van der Waals surface area contributed by atoms with Crippen molar-refractivity contribution < 1.29 is 25.0 Å². The molecule has 0 amide bonds. The van der Waals surface area contributed by atoms with E-state index in [0.717, 1.165) is 0 Å². The van der Waals surface area contributed by atoms with Crippen molar-refractivity contribution in [2.24, 2.45) is 0 Å². The van der Waals surface area contributed by atoms with Gasteiger partial charge >= 0.3 is 19.5 Å².